The van der Waals surface area contributed by atoms with E-state index >= 15 is 0 Å². The fraction of sp³-hybridized carbons (Fsp3) is 0.0833. The predicted molar refractivity (Wildman–Crippen MR) is 140 cm³/mol. The van der Waals surface area contributed by atoms with E-state index in [-0.39, 0.29) is 16.9 Å². The maximum absolute atomic E-state index is 13.5. The van der Waals surface area contributed by atoms with Crippen LogP contribution in [0.25, 0.3) is 16.3 Å². The molecule has 6 nitrogen and oxygen atoms in total. The Morgan fingerprint density at radius 3 is 2.76 bits per heavy atom. The molecule has 1 aliphatic rings. The van der Waals surface area contributed by atoms with Crippen molar-refractivity contribution in [1.29, 1.82) is 0 Å². The molecule has 2 aromatic carbocycles. The quantitative estimate of drug-likeness (QED) is 0.288. The minimum absolute atomic E-state index is 0.116. The number of benzene rings is 2. The minimum Gasteiger partial charge on any atom is -0.505 e. The summed E-state index contributed by atoms with van der Waals surface area (Å²) in [6, 6.07) is 19.5. The Bertz CT molecular complexity index is 1380. The van der Waals surface area contributed by atoms with Crippen LogP contribution in [0.2, 0.25) is 0 Å². The Hall–Kier alpha value is -3.14. The molecule has 9 heteroatoms. The lowest BCUT2D eigenvalue weighted by Crippen LogP contribution is -2.28. The number of aromatic hydroxyl groups is 1. The SMILES string of the molecule is CSNc1ccc2c(c1)SC=C(c1c(O)c(-c3cccs3)nn(Cc3ccccc3)c1=O)N2. The van der Waals surface area contributed by atoms with Crippen LogP contribution in [0.5, 0.6) is 5.75 Å². The summed E-state index contributed by atoms with van der Waals surface area (Å²) in [6.07, 6.45) is 1.97. The van der Waals surface area contributed by atoms with E-state index in [1.165, 1.54) is 39.7 Å². The molecule has 5 rings (SSSR count). The molecule has 0 fully saturated rings. The van der Waals surface area contributed by atoms with Gasteiger partial charge < -0.3 is 15.1 Å². The highest BCUT2D eigenvalue weighted by Crippen LogP contribution is 2.41. The van der Waals surface area contributed by atoms with Crippen LogP contribution in [0, 0.1) is 0 Å². The molecular formula is C24H20N4O2S3. The Labute approximate surface area is 203 Å². The number of nitrogens with zero attached hydrogens (tertiary/aromatic N) is 2. The number of hydrogen-bond donors (Lipinski definition) is 3. The van der Waals surface area contributed by atoms with Gasteiger partial charge in [-0.05, 0) is 35.2 Å². The van der Waals surface area contributed by atoms with E-state index in [4.69, 9.17) is 0 Å². The second-order valence-electron chi connectivity index (χ2n) is 7.29. The second-order valence-corrected chi connectivity index (χ2v) is 9.76. The molecule has 166 valence electrons. The number of anilines is 2. The van der Waals surface area contributed by atoms with Gasteiger partial charge in [-0.3, -0.25) is 4.79 Å². The van der Waals surface area contributed by atoms with Crippen molar-refractivity contribution >= 4 is 52.1 Å². The highest BCUT2D eigenvalue weighted by molar-refractivity contribution is 8.02. The van der Waals surface area contributed by atoms with Crippen LogP contribution in [-0.4, -0.2) is 21.1 Å². The lowest BCUT2D eigenvalue weighted by molar-refractivity contribution is 0.463. The second kappa shape index (κ2) is 9.38. The maximum atomic E-state index is 13.5. The number of fused-ring (bicyclic) bond motifs is 1. The van der Waals surface area contributed by atoms with Crippen molar-refractivity contribution in [2.75, 3.05) is 16.3 Å². The Morgan fingerprint density at radius 1 is 1.15 bits per heavy atom. The van der Waals surface area contributed by atoms with E-state index < -0.39 is 0 Å². The van der Waals surface area contributed by atoms with Gasteiger partial charge in [0.25, 0.3) is 5.56 Å². The third-order valence-electron chi connectivity index (χ3n) is 5.10. The van der Waals surface area contributed by atoms with E-state index in [1.807, 2.05) is 77.7 Å². The van der Waals surface area contributed by atoms with Crippen molar-refractivity contribution in [1.82, 2.24) is 9.78 Å². The smallest absolute Gasteiger partial charge is 0.280 e. The molecular weight excluding hydrogens is 472 g/mol. The molecule has 3 N–H and O–H groups in total. The normalized spacial score (nSPS) is 12.6. The monoisotopic (exact) mass is 492 g/mol. The first-order chi connectivity index (χ1) is 16.1. The molecule has 0 aliphatic carbocycles. The van der Waals surface area contributed by atoms with E-state index in [0.717, 1.165) is 26.7 Å². The van der Waals surface area contributed by atoms with Crippen LogP contribution < -0.4 is 15.6 Å². The van der Waals surface area contributed by atoms with Gasteiger partial charge in [0.05, 0.1) is 22.8 Å². The van der Waals surface area contributed by atoms with E-state index in [2.05, 4.69) is 15.1 Å². The van der Waals surface area contributed by atoms with Gasteiger partial charge in [-0.1, -0.05) is 60.1 Å². The number of thioether (sulfide) groups is 1. The number of nitrogens with one attached hydrogen (secondary N) is 2. The molecule has 33 heavy (non-hydrogen) atoms. The molecule has 0 saturated carbocycles. The van der Waals surface area contributed by atoms with Crippen LogP contribution in [0.1, 0.15) is 11.1 Å². The van der Waals surface area contributed by atoms with Crippen LogP contribution in [0.3, 0.4) is 0 Å². The summed E-state index contributed by atoms with van der Waals surface area (Å²) in [5, 5.41) is 22.8. The molecule has 0 spiro atoms. The van der Waals surface area contributed by atoms with Crippen LogP contribution in [-0.2, 0) is 6.54 Å². The number of hydrogen-bond acceptors (Lipinski definition) is 8. The third-order valence-corrected chi connectivity index (χ3v) is 7.37. The summed E-state index contributed by atoms with van der Waals surface area (Å²) < 4.78 is 4.65. The van der Waals surface area contributed by atoms with Crippen molar-refractivity contribution in [2.24, 2.45) is 0 Å². The Balaban J connectivity index is 1.60. The highest BCUT2D eigenvalue weighted by Gasteiger charge is 2.24. The molecule has 0 radical (unpaired) electrons. The lowest BCUT2D eigenvalue weighted by atomic mass is 10.1. The minimum atomic E-state index is -0.347. The molecule has 0 bridgehead atoms. The molecule has 4 aromatic rings. The third kappa shape index (κ3) is 4.39. The molecule has 0 saturated heterocycles. The first-order valence-corrected chi connectivity index (χ1v) is 13.1. The average Bonchev–Trinajstić information content (AvgIpc) is 3.36. The van der Waals surface area contributed by atoms with Gasteiger partial charge in [0, 0.05) is 22.2 Å². The first-order valence-electron chi connectivity index (χ1n) is 10.1. The largest absolute Gasteiger partial charge is 0.505 e. The molecule has 1 aliphatic heterocycles. The van der Waals surface area contributed by atoms with Crippen LogP contribution in [0.4, 0.5) is 11.4 Å². The average molecular weight is 493 g/mol. The van der Waals surface area contributed by atoms with E-state index in [0.29, 0.717) is 17.9 Å². The zero-order valence-electron chi connectivity index (χ0n) is 17.6. The van der Waals surface area contributed by atoms with Gasteiger partial charge in [-0.25, -0.2) is 4.68 Å². The number of rotatable bonds is 6. The van der Waals surface area contributed by atoms with Gasteiger partial charge in [0.2, 0.25) is 0 Å². The molecule has 0 amide bonds. The van der Waals surface area contributed by atoms with Crippen LogP contribution in [0.15, 0.2) is 81.1 Å². The van der Waals surface area contributed by atoms with Gasteiger partial charge in [0.1, 0.15) is 11.3 Å². The lowest BCUT2D eigenvalue weighted by Gasteiger charge is -2.21. The highest BCUT2D eigenvalue weighted by atomic mass is 32.2. The fourth-order valence-electron chi connectivity index (χ4n) is 3.57. The molecule has 3 heterocycles. The molecule has 0 atom stereocenters. The first kappa shape index (κ1) is 21.7. The van der Waals surface area contributed by atoms with E-state index in [9.17, 15) is 9.90 Å². The molecule has 2 aromatic heterocycles. The Kier molecular flexibility index (Phi) is 6.17. The summed E-state index contributed by atoms with van der Waals surface area (Å²) in [5.41, 5.74) is 3.67. The Morgan fingerprint density at radius 2 is 2.00 bits per heavy atom. The van der Waals surface area contributed by atoms with Crippen LogP contribution >= 0.6 is 35.0 Å². The van der Waals surface area contributed by atoms with Gasteiger partial charge in [-0.2, -0.15) is 5.10 Å². The van der Waals surface area contributed by atoms with Crippen molar-refractivity contribution in [3.63, 3.8) is 0 Å². The topological polar surface area (TPSA) is 79.2 Å². The van der Waals surface area contributed by atoms with Gasteiger partial charge in [-0.15, -0.1) is 11.3 Å². The summed E-state index contributed by atoms with van der Waals surface area (Å²) in [7, 11) is 0. The van der Waals surface area contributed by atoms with Gasteiger partial charge in [0.15, 0.2) is 5.75 Å². The molecule has 0 unspecified atom stereocenters. The van der Waals surface area contributed by atoms with Crippen molar-refractivity contribution in [3.8, 4) is 16.3 Å². The van der Waals surface area contributed by atoms with Crippen molar-refractivity contribution in [2.45, 2.75) is 11.4 Å². The summed E-state index contributed by atoms with van der Waals surface area (Å²) >= 11 is 4.51. The zero-order chi connectivity index (χ0) is 22.8. The fourth-order valence-corrected chi connectivity index (χ4v) is 5.51. The zero-order valence-corrected chi connectivity index (χ0v) is 20.1. The maximum Gasteiger partial charge on any atom is 0.280 e. The predicted octanol–water partition coefficient (Wildman–Crippen LogP) is 5.93. The summed E-state index contributed by atoms with van der Waals surface area (Å²) in [5.74, 6) is -0.116. The summed E-state index contributed by atoms with van der Waals surface area (Å²) in [4.78, 5) is 15.3. The van der Waals surface area contributed by atoms with Gasteiger partial charge >= 0.3 is 0 Å². The van der Waals surface area contributed by atoms with Crippen molar-refractivity contribution in [3.05, 3.63) is 92.9 Å². The number of aromatic nitrogens is 2. The summed E-state index contributed by atoms with van der Waals surface area (Å²) in [6.45, 7) is 0.312. The van der Waals surface area contributed by atoms with E-state index in [1.54, 1.807) is 0 Å². The standard InChI is InChI=1S/C24H20N4O2S3/c1-31-27-16-9-10-17-20(12-16)33-14-18(25-17)21-23(29)22(19-8-5-11-32-19)26-28(24(21)30)13-15-6-3-2-4-7-15/h2-12,14,25,27,29H,13H2,1H3. The number of thiophene rings is 1. The van der Waals surface area contributed by atoms with Crippen molar-refractivity contribution < 1.29 is 5.11 Å².